The number of benzene rings is 1. The zero-order chi connectivity index (χ0) is 28.6. The van der Waals surface area contributed by atoms with E-state index in [1.165, 1.54) is 30.3 Å². The summed E-state index contributed by atoms with van der Waals surface area (Å²) >= 11 is 0. The molecule has 0 atom stereocenters. The van der Waals surface area contributed by atoms with Gasteiger partial charge in [-0.3, -0.25) is 0 Å². The van der Waals surface area contributed by atoms with Gasteiger partial charge in [0.2, 0.25) is 0 Å². The highest BCUT2D eigenvalue weighted by Gasteiger charge is 2.61. The zero-order valence-corrected chi connectivity index (χ0v) is 20.2. The molecular weight excluding hydrogens is 542 g/mol. The van der Waals surface area contributed by atoms with Gasteiger partial charge in [-0.25, -0.2) is 10.1 Å². The number of rotatable bonds is 9. The molecule has 16 heteroatoms. The van der Waals surface area contributed by atoms with Crippen molar-refractivity contribution < 1.29 is 40.2 Å². The predicted octanol–water partition coefficient (Wildman–Crippen LogP) is 5.41. The average molecular weight is 563 g/mol. The number of nitrogens with zero attached hydrogens (tertiary/aromatic N) is 6. The van der Waals surface area contributed by atoms with Crippen LogP contribution in [-0.4, -0.2) is 46.0 Å². The fraction of sp³-hybridized carbons (Fsp3) is 0.391. The Morgan fingerprint density at radius 3 is 2.18 bits per heavy atom. The van der Waals surface area contributed by atoms with Crippen molar-refractivity contribution in [3.05, 3.63) is 64.9 Å². The van der Waals surface area contributed by atoms with E-state index in [2.05, 4.69) is 25.6 Å². The molecule has 0 spiro atoms. The summed E-state index contributed by atoms with van der Waals surface area (Å²) in [5, 5.41) is 22.6. The number of aromatic amines is 1. The van der Waals surface area contributed by atoms with Crippen molar-refractivity contribution in [3.63, 3.8) is 0 Å². The number of tetrazole rings is 1. The lowest BCUT2D eigenvalue weighted by atomic mass is 10.1. The quantitative estimate of drug-likeness (QED) is 0.266. The topological polar surface area (TPSA) is 97.4 Å². The third kappa shape index (κ3) is 5.37. The van der Waals surface area contributed by atoms with Crippen LogP contribution in [0.5, 0.6) is 0 Å². The molecule has 0 aliphatic carbocycles. The molecule has 3 heterocycles. The lowest BCUT2D eigenvalue weighted by molar-refractivity contribution is -0.291. The van der Waals surface area contributed by atoms with Crippen molar-refractivity contribution in [2.75, 3.05) is 0 Å². The molecule has 4 rings (SSSR count). The van der Waals surface area contributed by atoms with Gasteiger partial charge in [0.25, 0.3) is 0 Å². The van der Waals surface area contributed by atoms with Crippen LogP contribution < -0.4 is 0 Å². The van der Waals surface area contributed by atoms with Gasteiger partial charge in [0.05, 0.1) is 18.0 Å². The molecule has 3 aromatic heterocycles. The van der Waals surface area contributed by atoms with Crippen molar-refractivity contribution in [2.45, 2.75) is 57.6 Å². The first-order chi connectivity index (χ1) is 18.3. The number of hydrogen-bond donors (Lipinski definition) is 2. The van der Waals surface area contributed by atoms with Crippen LogP contribution in [0.25, 0.3) is 17.2 Å². The predicted molar refractivity (Wildman–Crippen MR) is 120 cm³/mol. The van der Waals surface area contributed by atoms with E-state index in [0.29, 0.717) is 18.4 Å². The summed E-state index contributed by atoms with van der Waals surface area (Å²) in [5.74, 6) is -5.40. The number of unbranched alkanes of at least 4 members (excludes halogenated alkanes) is 1. The summed E-state index contributed by atoms with van der Waals surface area (Å²) in [5.41, 5.74) is -2.86. The van der Waals surface area contributed by atoms with Gasteiger partial charge in [0, 0.05) is 18.7 Å². The highest BCUT2D eigenvalue weighted by Crippen LogP contribution is 2.45. The lowest BCUT2D eigenvalue weighted by Crippen LogP contribution is -2.35. The fourth-order valence-electron chi connectivity index (χ4n) is 4.12. The number of aryl methyl sites for hydroxylation is 1. The Kier molecular flexibility index (Phi) is 7.51. The maximum atomic E-state index is 14.2. The molecule has 0 bridgehead atoms. The van der Waals surface area contributed by atoms with E-state index >= 15 is 0 Å². The van der Waals surface area contributed by atoms with E-state index in [1.54, 1.807) is 6.92 Å². The number of halogens is 8. The van der Waals surface area contributed by atoms with Crippen molar-refractivity contribution >= 4 is 0 Å². The second-order valence-electron chi connectivity index (χ2n) is 8.60. The van der Waals surface area contributed by atoms with E-state index in [0.717, 1.165) is 15.2 Å². The smallest absolute Gasteiger partial charge is 0.390 e. The van der Waals surface area contributed by atoms with E-state index in [4.69, 9.17) is 0 Å². The molecule has 0 saturated heterocycles. The van der Waals surface area contributed by atoms with Crippen molar-refractivity contribution in [2.24, 2.45) is 0 Å². The van der Waals surface area contributed by atoms with Gasteiger partial charge in [0.1, 0.15) is 17.2 Å². The van der Waals surface area contributed by atoms with Gasteiger partial charge in [-0.05, 0) is 46.7 Å². The van der Waals surface area contributed by atoms with Crippen LogP contribution in [0.4, 0.5) is 35.1 Å². The highest BCUT2D eigenvalue weighted by molar-refractivity contribution is 5.57. The van der Waals surface area contributed by atoms with Crippen molar-refractivity contribution in [1.82, 2.24) is 34.7 Å². The Hall–Kier alpha value is -3.82. The molecule has 39 heavy (non-hydrogen) atoms. The highest BCUT2D eigenvalue weighted by atomic mass is 19.4. The summed E-state index contributed by atoms with van der Waals surface area (Å²) in [7, 11) is 0. The molecule has 2 N–H and O–H groups in total. The fourth-order valence-corrected chi connectivity index (χ4v) is 4.12. The Morgan fingerprint density at radius 1 is 0.949 bits per heavy atom. The Bertz CT molecular complexity index is 1400. The number of aliphatic hydroxyl groups is 1. The maximum absolute atomic E-state index is 14.2. The first-order valence-electron chi connectivity index (χ1n) is 11.6. The van der Waals surface area contributed by atoms with E-state index in [9.17, 15) is 40.2 Å². The maximum Gasteiger partial charge on any atom is 0.459 e. The number of aliphatic hydroxyl groups excluding tert-OH is 1. The second kappa shape index (κ2) is 10.4. The molecule has 0 saturated carbocycles. The number of aromatic nitrogens is 7. The Morgan fingerprint density at radius 2 is 1.64 bits per heavy atom. The van der Waals surface area contributed by atoms with Crippen LogP contribution in [0.2, 0.25) is 0 Å². The minimum atomic E-state index is -5.93. The van der Waals surface area contributed by atoms with Crippen LogP contribution in [-0.2, 0) is 31.7 Å². The number of nitrogens with one attached hydrogen (secondary N) is 1. The summed E-state index contributed by atoms with van der Waals surface area (Å²) in [6.07, 6.45) is -9.55. The van der Waals surface area contributed by atoms with Gasteiger partial charge in [-0.15, -0.1) is 5.10 Å². The van der Waals surface area contributed by atoms with Gasteiger partial charge in [-0.1, -0.05) is 25.5 Å². The van der Waals surface area contributed by atoms with Gasteiger partial charge < -0.3 is 14.2 Å². The molecule has 1 aromatic carbocycles. The minimum absolute atomic E-state index is 0.0122. The first kappa shape index (κ1) is 28.2. The minimum Gasteiger partial charge on any atom is -0.390 e. The molecule has 210 valence electrons. The first-order valence-corrected chi connectivity index (χ1v) is 11.6. The molecule has 0 radical (unpaired) electrons. The standard InChI is InChI=1S/C23H21F8N7O/c1-2-3-4-18-32-19(21(24,25)23(29,30)31)16(12-39)37(18)11-13-5-7-14(8-6-13)38-15(20-33-35-36-34-20)9-10-17(38)22(26,27)28/h5-10,39H,2-4,11-12H2,1H3,(H,33,34,35,36). The molecule has 0 aliphatic heterocycles. The summed E-state index contributed by atoms with van der Waals surface area (Å²) in [4.78, 5) is 3.57. The molecule has 8 nitrogen and oxygen atoms in total. The van der Waals surface area contributed by atoms with E-state index in [-0.39, 0.29) is 36.0 Å². The Labute approximate surface area is 215 Å². The lowest BCUT2D eigenvalue weighted by Gasteiger charge is -2.19. The summed E-state index contributed by atoms with van der Waals surface area (Å²) in [6, 6.07) is 7.47. The Balaban J connectivity index is 1.75. The molecule has 0 unspecified atom stereocenters. The molecule has 4 aromatic rings. The van der Waals surface area contributed by atoms with Crippen molar-refractivity contribution in [3.8, 4) is 17.2 Å². The number of alkyl halides is 8. The van der Waals surface area contributed by atoms with Crippen molar-refractivity contribution in [1.29, 1.82) is 0 Å². The molecule has 0 fully saturated rings. The monoisotopic (exact) mass is 563 g/mol. The largest absolute Gasteiger partial charge is 0.459 e. The molecule has 0 amide bonds. The SMILES string of the molecule is CCCCc1nc(C(F)(F)C(F)(F)F)c(CO)n1Cc1ccc(-n2c(-c3nnn[nH]3)ccc2C(F)(F)F)cc1. The van der Waals surface area contributed by atoms with E-state index in [1.807, 2.05) is 0 Å². The number of H-pyrrole nitrogens is 1. The van der Waals surface area contributed by atoms with Crippen LogP contribution in [0, 0.1) is 0 Å². The van der Waals surface area contributed by atoms with Crippen LogP contribution >= 0.6 is 0 Å². The summed E-state index contributed by atoms with van der Waals surface area (Å²) in [6.45, 7) is 0.404. The number of imidazole rings is 1. The molecular formula is C23H21F8N7O. The van der Waals surface area contributed by atoms with Crippen LogP contribution in [0.1, 0.15) is 48.2 Å². The van der Waals surface area contributed by atoms with Gasteiger partial charge in [0.15, 0.2) is 5.82 Å². The van der Waals surface area contributed by atoms with Crippen LogP contribution in [0.15, 0.2) is 36.4 Å². The van der Waals surface area contributed by atoms with Gasteiger partial charge >= 0.3 is 18.3 Å². The molecule has 0 aliphatic rings. The third-order valence-electron chi connectivity index (χ3n) is 6.00. The van der Waals surface area contributed by atoms with Crippen LogP contribution in [0.3, 0.4) is 0 Å². The van der Waals surface area contributed by atoms with E-state index < -0.39 is 42.0 Å². The number of hydrogen-bond acceptors (Lipinski definition) is 5. The zero-order valence-electron chi connectivity index (χ0n) is 20.2. The third-order valence-corrected chi connectivity index (χ3v) is 6.00. The summed E-state index contributed by atoms with van der Waals surface area (Å²) < 4.78 is 111. The van der Waals surface area contributed by atoms with Gasteiger partial charge in [-0.2, -0.15) is 35.1 Å². The normalized spacial score (nSPS) is 12.9. The average Bonchev–Trinajstić information content (AvgIpc) is 3.60. The second-order valence-corrected chi connectivity index (χ2v) is 8.60.